The highest BCUT2D eigenvalue weighted by atomic mass is 35.5. The Morgan fingerprint density at radius 2 is 2.17 bits per heavy atom. The van der Waals surface area contributed by atoms with Gasteiger partial charge in [-0.05, 0) is 43.9 Å². The van der Waals surface area contributed by atoms with Crippen LogP contribution in [0.3, 0.4) is 0 Å². The van der Waals surface area contributed by atoms with E-state index in [4.69, 9.17) is 21.1 Å². The minimum atomic E-state index is 0.382. The Morgan fingerprint density at radius 1 is 1.38 bits per heavy atom. The summed E-state index contributed by atoms with van der Waals surface area (Å²) in [6.07, 6.45) is 15.7. The largest absolute Gasteiger partial charge is 0.501 e. The molecule has 1 aromatic heterocycles. The molecule has 1 aliphatic heterocycles. The summed E-state index contributed by atoms with van der Waals surface area (Å²) in [6, 6.07) is 0. The number of fused-ring (bicyclic) bond motifs is 1. The van der Waals surface area contributed by atoms with Gasteiger partial charge in [0.1, 0.15) is 5.82 Å². The van der Waals surface area contributed by atoms with Crippen LogP contribution in [0.15, 0.2) is 65.4 Å². The average Bonchev–Trinajstić information content (AvgIpc) is 3.20. The highest BCUT2D eigenvalue weighted by Crippen LogP contribution is 2.31. The molecule has 5 nitrogen and oxygen atoms in total. The predicted octanol–water partition coefficient (Wildman–Crippen LogP) is 5.63. The second-order valence-electron chi connectivity index (χ2n) is 6.68. The van der Waals surface area contributed by atoms with Gasteiger partial charge in [0.15, 0.2) is 0 Å². The lowest BCUT2D eigenvalue weighted by atomic mass is 9.98. The molecule has 0 aromatic carbocycles. The third kappa shape index (κ3) is 6.23. The van der Waals surface area contributed by atoms with Crippen LogP contribution in [0.5, 0.6) is 0 Å². The summed E-state index contributed by atoms with van der Waals surface area (Å²) < 4.78 is 12.8. The number of aromatic nitrogens is 2. The molecule has 0 saturated heterocycles. The summed E-state index contributed by atoms with van der Waals surface area (Å²) >= 11 is 6.04. The van der Waals surface area contributed by atoms with Gasteiger partial charge >= 0.3 is 0 Å². The Labute approximate surface area is 178 Å². The molecule has 0 amide bonds. The second kappa shape index (κ2) is 11.5. The molecule has 0 unspecified atom stereocenters. The fourth-order valence-electron chi connectivity index (χ4n) is 3.05. The minimum absolute atomic E-state index is 0.382. The van der Waals surface area contributed by atoms with Gasteiger partial charge in [0.05, 0.1) is 37.3 Å². The Kier molecular flexibility index (Phi) is 9.00. The van der Waals surface area contributed by atoms with Crippen molar-refractivity contribution >= 4 is 28.6 Å². The van der Waals surface area contributed by atoms with Crippen LogP contribution in [0.1, 0.15) is 38.4 Å². The molecule has 0 bridgehead atoms. The van der Waals surface area contributed by atoms with Crippen LogP contribution in [0, 0.1) is 0 Å². The molecule has 0 atom stereocenters. The van der Waals surface area contributed by atoms with Crippen LogP contribution < -0.4 is 0 Å². The van der Waals surface area contributed by atoms with Crippen LogP contribution in [0.4, 0.5) is 0 Å². The standard InChI is InChI=1S/C23H30ClN3O2/c1-17(28-4)10-11-19(14-18(2)29-5)22-9-7-6-8-21(15-20(16-24)25-3)27-13-12-26-23(22)27/h9,11-15H,1,6-8,10,16H2,2-5H3/b18-14+,19-11+,21-15+,22-9?,25-20?. The molecule has 1 aliphatic rings. The SMILES string of the molecule is C=C(C/C=C(\C=C(/C)OC)C1=CCCC/C(=C\C(CCl)=NC)n2ccnc21)OC. The molecule has 1 aromatic rings. The molecule has 0 saturated carbocycles. The van der Waals surface area contributed by atoms with Crippen molar-refractivity contribution in [1.82, 2.24) is 9.55 Å². The summed E-state index contributed by atoms with van der Waals surface area (Å²) in [5.74, 6) is 2.79. The number of rotatable bonds is 8. The summed E-state index contributed by atoms with van der Waals surface area (Å²) in [4.78, 5) is 8.94. The summed E-state index contributed by atoms with van der Waals surface area (Å²) in [7, 11) is 5.07. The molecule has 156 valence electrons. The van der Waals surface area contributed by atoms with Crippen LogP contribution in [0.2, 0.25) is 0 Å². The third-order valence-electron chi connectivity index (χ3n) is 4.76. The zero-order valence-electron chi connectivity index (χ0n) is 17.7. The van der Waals surface area contributed by atoms with Crippen molar-refractivity contribution < 1.29 is 9.47 Å². The predicted molar refractivity (Wildman–Crippen MR) is 122 cm³/mol. The summed E-state index contributed by atoms with van der Waals surface area (Å²) in [5, 5.41) is 0. The third-order valence-corrected chi connectivity index (χ3v) is 5.04. The van der Waals surface area contributed by atoms with Crippen molar-refractivity contribution in [2.75, 3.05) is 27.1 Å². The molecular formula is C23H30ClN3O2. The maximum atomic E-state index is 6.04. The number of alkyl halides is 1. The maximum absolute atomic E-state index is 6.04. The highest BCUT2D eigenvalue weighted by molar-refractivity contribution is 6.31. The van der Waals surface area contributed by atoms with Crippen LogP contribution >= 0.6 is 11.6 Å². The van der Waals surface area contributed by atoms with Gasteiger partial charge in [-0.15, -0.1) is 11.6 Å². The van der Waals surface area contributed by atoms with Crippen molar-refractivity contribution in [3.63, 3.8) is 0 Å². The molecule has 29 heavy (non-hydrogen) atoms. The fourth-order valence-corrected chi connectivity index (χ4v) is 3.25. The van der Waals surface area contributed by atoms with Gasteiger partial charge in [0, 0.05) is 37.1 Å². The fraction of sp³-hybridized carbons (Fsp3) is 0.391. The molecule has 0 radical (unpaired) electrons. The monoisotopic (exact) mass is 415 g/mol. The van der Waals surface area contributed by atoms with Crippen molar-refractivity contribution in [3.05, 3.63) is 66.2 Å². The van der Waals surface area contributed by atoms with Crippen molar-refractivity contribution in [2.45, 2.75) is 32.6 Å². The van der Waals surface area contributed by atoms with E-state index in [0.717, 1.165) is 53.4 Å². The lowest BCUT2D eigenvalue weighted by Gasteiger charge is -2.19. The van der Waals surface area contributed by atoms with Gasteiger partial charge in [-0.25, -0.2) is 4.98 Å². The van der Waals surface area contributed by atoms with Crippen molar-refractivity contribution in [3.8, 4) is 0 Å². The number of imidazole rings is 1. The molecule has 2 rings (SSSR count). The minimum Gasteiger partial charge on any atom is -0.501 e. The number of allylic oxidation sites excluding steroid dienone is 8. The second-order valence-corrected chi connectivity index (χ2v) is 6.95. The molecule has 0 fully saturated rings. The maximum Gasteiger partial charge on any atom is 0.144 e. The van der Waals surface area contributed by atoms with Gasteiger partial charge in [0.25, 0.3) is 0 Å². The number of aliphatic imine (C=N–C) groups is 1. The number of hydrogen-bond acceptors (Lipinski definition) is 4. The Balaban J connectivity index is 2.57. The smallest absolute Gasteiger partial charge is 0.144 e. The van der Waals surface area contributed by atoms with Gasteiger partial charge in [-0.1, -0.05) is 18.7 Å². The first-order valence-corrected chi connectivity index (χ1v) is 10.2. The van der Waals surface area contributed by atoms with E-state index < -0.39 is 0 Å². The van der Waals surface area contributed by atoms with E-state index in [1.54, 1.807) is 21.3 Å². The molecule has 0 spiro atoms. The van der Waals surface area contributed by atoms with E-state index in [0.29, 0.717) is 18.1 Å². The lowest BCUT2D eigenvalue weighted by Crippen LogP contribution is -2.08. The normalized spacial score (nSPS) is 17.3. The number of halogens is 1. The van der Waals surface area contributed by atoms with Gasteiger partial charge in [-0.2, -0.15) is 0 Å². The van der Waals surface area contributed by atoms with Gasteiger partial charge < -0.3 is 14.0 Å². The first kappa shape index (κ1) is 22.8. The Hall–Kier alpha value is -2.53. The number of hydrogen-bond donors (Lipinski definition) is 0. The first-order chi connectivity index (χ1) is 14.0. The first-order valence-electron chi connectivity index (χ1n) is 9.65. The summed E-state index contributed by atoms with van der Waals surface area (Å²) in [6.45, 7) is 5.86. The van der Waals surface area contributed by atoms with E-state index in [1.165, 1.54) is 0 Å². The van der Waals surface area contributed by atoms with E-state index in [9.17, 15) is 0 Å². The van der Waals surface area contributed by atoms with Crippen LogP contribution in [0.25, 0.3) is 11.3 Å². The van der Waals surface area contributed by atoms with Crippen LogP contribution in [-0.4, -0.2) is 42.4 Å². The molecule has 6 heteroatoms. The topological polar surface area (TPSA) is 48.6 Å². The van der Waals surface area contributed by atoms with E-state index in [2.05, 4.69) is 39.4 Å². The number of nitrogens with zero attached hydrogens (tertiary/aromatic N) is 3. The quantitative estimate of drug-likeness (QED) is 0.239. The Morgan fingerprint density at radius 3 is 2.83 bits per heavy atom. The highest BCUT2D eigenvalue weighted by Gasteiger charge is 2.18. The zero-order valence-corrected chi connectivity index (χ0v) is 18.5. The lowest BCUT2D eigenvalue weighted by molar-refractivity contribution is 0.286. The van der Waals surface area contributed by atoms with E-state index in [-0.39, 0.29) is 0 Å². The molecular weight excluding hydrogens is 386 g/mol. The molecule has 0 aliphatic carbocycles. The van der Waals surface area contributed by atoms with Crippen molar-refractivity contribution in [2.24, 2.45) is 4.99 Å². The summed E-state index contributed by atoms with van der Waals surface area (Å²) in [5.41, 5.74) is 4.08. The van der Waals surface area contributed by atoms with Crippen molar-refractivity contribution in [1.29, 1.82) is 0 Å². The van der Waals surface area contributed by atoms with E-state index in [1.807, 2.05) is 25.4 Å². The molecule has 0 N–H and O–H groups in total. The van der Waals surface area contributed by atoms with Gasteiger partial charge in [0.2, 0.25) is 0 Å². The zero-order chi connectivity index (χ0) is 21.2. The van der Waals surface area contributed by atoms with Gasteiger partial charge in [-0.3, -0.25) is 4.99 Å². The van der Waals surface area contributed by atoms with E-state index >= 15 is 0 Å². The number of methoxy groups -OCH3 is 2. The number of ether oxygens (including phenoxy) is 2. The average molecular weight is 416 g/mol. The molecule has 2 heterocycles. The van der Waals surface area contributed by atoms with Crippen LogP contribution in [-0.2, 0) is 9.47 Å². The Bertz CT molecular complexity index is 872.